The molecule has 0 aliphatic heterocycles. The second-order valence-corrected chi connectivity index (χ2v) is 4.25. The van der Waals surface area contributed by atoms with Crippen molar-refractivity contribution >= 4 is 0 Å². The van der Waals surface area contributed by atoms with E-state index in [1.54, 1.807) is 13.1 Å². The molecule has 3 N–H and O–H groups in total. The van der Waals surface area contributed by atoms with Crippen LogP contribution < -0.4 is 5.32 Å². The average molecular weight is 238 g/mol. The fourth-order valence-electron chi connectivity index (χ4n) is 1.84. The second-order valence-electron chi connectivity index (χ2n) is 4.25. The molecule has 0 aromatic carbocycles. The first-order chi connectivity index (χ1) is 8.13. The molecule has 0 bridgehead atoms. The van der Waals surface area contributed by atoms with Gasteiger partial charge in [-0.3, -0.25) is 4.98 Å². The number of rotatable bonds is 6. The molecule has 0 aliphatic rings. The number of aliphatic hydroxyl groups excluding tert-OH is 1. The molecule has 0 amide bonds. The van der Waals surface area contributed by atoms with Crippen LogP contribution in [0.15, 0.2) is 6.20 Å². The van der Waals surface area contributed by atoms with Gasteiger partial charge in [-0.05, 0) is 19.8 Å². The quantitative estimate of drug-likeness (QED) is 0.708. The van der Waals surface area contributed by atoms with Crippen molar-refractivity contribution in [3.63, 3.8) is 0 Å². The third kappa shape index (κ3) is 3.41. The Hall–Kier alpha value is -1.13. The van der Waals surface area contributed by atoms with E-state index in [0.29, 0.717) is 23.8 Å². The predicted octanol–water partition coefficient (Wildman–Crippen LogP) is 1.87. The van der Waals surface area contributed by atoms with E-state index in [1.807, 2.05) is 0 Å². The summed E-state index contributed by atoms with van der Waals surface area (Å²) in [6, 6.07) is 0.439. The van der Waals surface area contributed by atoms with E-state index in [4.69, 9.17) is 0 Å². The number of aromatic hydroxyl groups is 1. The van der Waals surface area contributed by atoms with Crippen molar-refractivity contribution in [1.82, 2.24) is 10.3 Å². The van der Waals surface area contributed by atoms with Crippen LogP contribution >= 0.6 is 0 Å². The fourth-order valence-corrected chi connectivity index (χ4v) is 1.84. The molecule has 0 aliphatic carbocycles. The topological polar surface area (TPSA) is 65.4 Å². The van der Waals surface area contributed by atoms with E-state index in [0.717, 1.165) is 18.4 Å². The predicted molar refractivity (Wildman–Crippen MR) is 67.8 cm³/mol. The summed E-state index contributed by atoms with van der Waals surface area (Å²) in [6.07, 6.45) is 3.73. The van der Waals surface area contributed by atoms with Gasteiger partial charge < -0.3 is 15.5 Å². The molecule has 0 radical (unpaired) electrons. The Labute approximate surface area is 103 Å². The smallest absolute Gasteiger partial charge is 0.141 e. The fraction of sp³-hybridized carbons (Fsp3) is 0.615. The van der Waals surface area contributed by atoms with Crippen molar-refractivity contribution in [3.05, 3.63) is 23.0 Å². The van der Waals surface area contributed by atoms with Gasteiger partial charge in [0.1, 0.15) is 5.75 Å². The van der Waals surface area contributed by atoms with Crippen LogP contribution in [0.3, 0.4) is 0 Å². The summed E-state index contributed by atoms with van der Waals surface area (Å²) in [5.74, 6) is 0.190. The number of aliphatic hydroxyl groups is 1. The maximum atomic E-state index is 9.95. The number of aromatic nitrogens is 1. The van der Waals surface area contributed by atoms with E-state index in [1.165, 1.54) is 0 Å². The highest BCUT2D eigenvalue weighted by molar-refractivity contribution is 5.40. The molecular formula is C13H22N2O2. The zero-order chi connectivity index (χ0) is 12.8. The summed E-state index contributed by atoms with van der Waals surface area (Å²) in [4.78, 5) is 4.04. The molecule has 0 fully saturated rings. The minimum atomic E-state index is -0.0965. The average Bonchev–Trinajstić information content (AvgIpc) is 2.35. The highest BCUT2D eigenvalue weighted by Gasteiger charge is 2.12. The van der Waals surface area contributed by atoms with Crippen LogP contribution in [0, 0.1) is 6.92 Å². The van der Waals surface area contributed by atoms with Gasteiger partial charge >= 0.3 is 0 Å². The van der Waals surface area contributed by atoms with Gasteiger partial charge in [0, 0.05) is 29.9 Å². The molecule has 4 heteroatoms. The normalized spacial score (nSPS) is 11.1. The Morgan fingerprint density at radius 3 is 2.53 bits per heavy atom. The molecular weight excluding hydrogens is 216 g/mol. The summed E-state index contributed by atoms with van der Waals surface area (Å²) >= 11 is 0. The maximum absolute atomic E-state index is 9.95. The van der Waals surface area contributed by atoms with Gasteiger partial charge in [0.25, 0.3) is 0 Å². The Morgan fingerprint density at radius 1 is 1.35 bits per heavy atom. The molecule has 0 atom stereocenters. The van der Waals surface area contributed by atoms with E-state index in [9.17, 15) is 10.2 Å². The van der Waals surface area contributed by atoms with Crippen molar-refractivity contribution in [3.8, 4) is 5.75 Å². The molecule has 1 rings (SSSR count). The van der Waals surface area contributed by atoms with Crippen LogP contribution in [0.2, 0.25) is 0 Å². The zero-order valence-corrected chi connectivity index (χ0v) is 10.8. The summed E-state index contributed by atoms with van der Waals surface area (Å²) in [6.45, 7) is 6.49. The Kier molecular flexibility index (Phi) is 5.38. The summed E-state index contributed by atoms with van der Waals surface area (Å²) in [7, 11) is 0. The molecule has 0 saturated heterocycles. The van der Waals surface area contributed by atoms with Crippen molar-refractivity contribution in [2.24, 2.45) is 0 Å². The lowest BCUT2D eigenvalue weighted by atomic mass is 10.1. The van der Waals surface area contributed by atoms with Crippen LogP contribution in [0.25, 0.3) is 0 Å². The first-order valence-electron chi connectivity index (χ1n) is 6.14. The second kappa shape index (κ2) is 6.57. The molecule has 0 unspecified atom stereocenters. The van der Waals surface area contributed by atoms with Crippen molar-refractivity contribution in [2.45, 2.75) is 52.8 Å². The van der Waals surface area contributed by atoms with Crippen LogP contribution in [-0.2, 0) is 13.2 Å². The highest BCUT2D eigenvalue weighted by atomic mass is 16.3. The lowest BCUT2D eigenvalue weighted by Gasteiger charge is -2.17. The minimum Gasteiger partial charge on any atom is -0.506 e. The van der Waals surface area contributed by atoms with Crippen LogP contribution in [0.5, 0.6) is 5.75 Å². The van der Waals surface area contributed by atoms with Gasteiger partial charge in [0.15, 0.2) is 0 Å². The number of pyridine rings is 1. The zero-order valence-electron chi connectivity index (χ0n) is 10.8. The monoisotopic (exact) mass is 238 g/mol. The van der Waals surface area contributed by atoms with E-state index in [2.05, 4.69) is 24.1 Å². The van der Waals surface area contributed by atoms with Gasteiger partial charge in [-0.2, -0.15) is 0 Å². The number of nitrogens with one attached hydrogen (secondary N) is 1. The van der Waals surface area contributed by atoms with Crippen molar-refractivity contribution < 1.29 is 10.2 Å². The molecule has 96 valence electrons. The number of hydrogen-bond donors (Lipinski definition) is 3. The molecule has 1 heterocycles. The lowest BCUT2D eigenvalue weighted by Crippen LogP contribution is -2.27. The van der Waals surface area contributed by atoms with E-state index >= 15 is 0 Å². The lowest BCUT2D eigenvalue weighted by molar-refractivity contribution is 0.278. The summed E-state index contributed by atoms with van der Waals surface area (Å²) in [5.41, 5.74) is 2.04. The van der Waals surface area contributed by atoms with E-state index in [-0.39, 0.29) is 12.4 Å². The molecule has 4 nitrogen and oxygen atoms in total. The van der Waals surface area contributed by atoms with Crippen LogP contribution in [0.1, 0.15) is 43.5 Å². The first kappa shape index (κ1) is 13.9. The van der Waals surface area contributed by atoms with Crippen LogP contribution in [-0.4, -0.2) is 21.2 Å². The summed E-state index contributed by atoms with van der Waals surface area (Å²) < 4.78 is 0. The SMILES string of the molecule is CCC(CC)NCc1c(CO)cnc(C)c1O. The Bertz CT molecular complexity index is 363. The molecule has 0 spiro atoms. The van der Waals surface area contributed by atoms with Gasteiger partial charge in [0.2, 0.25) is 0 Å². The molecule has 1 aromatic rings. The van der Waals surface area contributed by atoms with Crippen molar-refractivity contribution in [2.75, 3.05) is 0 Å². The molecule has 1 aromatic heterocycles. The number of hydrogen-bond acceptors (Lipinski definition) is 4. The largest absolute Gasteiger partial charge is 0.506 e. The van der Waals surface area contributed by atoms with Gasteiger partial charge in [-0.25, -0.2) is 0 Å². The highest BCUT2D eigenvalue weighted by Crippen LogP contribution is 2.23. The molecule has 17 heavy (non-hydrogen) atoms. The van der Waals surface area contributed by atoms with Gasteiger partial charge in [0.05, 0.1) is 12.3 Å². The molecule has 0 saturated carbocycles. The third-order valence-electron chi connectivity index (χ3n) is 3.15. The van der Waals surface area contributed by atoms with E-state index < -0.39 is 0 Å². The maximum Gasteiger partial charge on any atom is 0.141 e. The van der Waals surface area contributed by atoms with Gasteiger partial charge in [-0.15, -0.1) is 0 Å². The van der Waals surface area contributed by atoms with Gasteiger partial charge in [-0.1, -0.05) is 13.8 Å². The minimum absolute atomic E-state index is 0.0965. The Balaban J connectivity index is 2.85. The third-order valence-corrected chi connectivity index (χ3v) is 3.15. The standard InChI is InChI=1S/C13H22N2O2/c1-4-11(5-2)15-7-12-10(8-16)6-14-9(3)13(12)17/h6,11,15-17H,4-5,7-8H2,1-3H3. The number of nitrogens with zero attached hydrogens (tertiary/aromatic N) is 1. The van der Waals surface area contributed by atoms with Crippen LogP contribution in [0.4, 0.5) is 0 Å². The number of aryl methyl sites for hydroxylation is 1. The Morgan fingerprint density at radius 2 is 2.00 bits per heavy atom. The van der Waals surface area contributed by atoms with Crippen molar-refractivity contribution in [1.29, 1.82) is 0 Å². The summed E-state index contributed by atoms with van der Waals surface area (Å²) in [5, 5.41) is 22.6. The first-order valence-corrected chi connectivity index (χ1v) is 6.14.